The maximum atomic E-state index is 2.26. The summed E-state index contributed by atoms with van der Waals surface area (Å²) < 4.78 is 0. The predicted octanol–water partition coefficient (Wildman–Crippen LogP) is 5.68. The lowest BCUT2D eigenvalue weighted by Crippen LogP contribution is -1.95. The summed E-state index contributed by atoms with van der Waals surface area (Å²) in [6.45, 7) is 9.05. The van der Waals surface area contributed by atoms with Gasteiger partial charge >= 0.3 is 0 Å². The van der Waals surface area contributed by atoms with E-state index in [1.54, 1.807) is 0 Å². The molecule has 0 saturated carbocycles. The molecule has 0 aromatic heterocycles. The van der Waals surface area contributed by atoms with Gasteiger partial charge in [-0.05, 0) is 46.9 Å². The summed E-state index contributed by atoms with van der Waals surface area (Å²) in [5.41, 5.74) is 5.40. The highest BCUT2D eigenvalue weighted by Crippen LogP contribution is 2.16. The summed E-state index contributed by atoms with van der Waals surface area (Å²) in [6.07, 6.45) is 4.56. The average Bonchev–Trinajstić information content (AvgIpc) is 2.42. The first-order valence-corrected chi connectivity index (χ1v) is 8.05. The van der Waals surface area contributed by atoms with Gasteiger partial charge < -0.3 is 0 Å². The molecule has 0 atom stereocenters. The van der Waals surface area contributed by atoms with Gasteiger partial charge in [-0.15, -0.1) is 0 Å². The molecule has 0 N–H and O–H groups in total. The summed E-state index contributed by atoms with van der Waals surface area (Å²) in [5.74, 6) is 1.43. The molecule has 0 aliphatic rings. The van der Waals surface area contributed by atoms with Gasteiger partial charge in [-0.2, -0.15) is 0 Å². The molecular weight excluding hydrogens is 252 g/mol. The molecular formula is C21H27. The van der Waals surface area contributed by atoms with E-state index < -0.39 is 0 Å². The molecule has 0 heteroatoms. The maximum absolute atomic E-state index is 2.26. The largest absolute Gasteiger partial charge is 0.0625 e. The Morgan fingerprint density at radius 3 is 1.24 bits per heavy atom. The Labute approximate surface area is 130 Å². The van der Waals surface area contributed by atoms with Crippen molar-refractivity contribution < 1.29 is 0 Å². The van der Waals surface area contributed by atoms with Crippen molar-refractivity contribution in [3.63, 3.8) is 0 Å². The molecule has 0 fully saturated rings. The van der Waals surface area contributed by atoms with E-state index in [1.807, 2.05) is 0 Å². The molecule has 0 aliphatic carbocycles. The maximum Gasteiger partial charge on any atom is 0.0199 e. The highest BCUT2D eigenvalue weighted by molar-refractivity contribution is 5.39. The van der Waals surface area contributed by atoms with Gasteiger partial charge in [-0.1, -0.05) is 76.2 Å². The van der Waals surface area contributed by atoms with Gasteiger partial charge in [-0.25, -0.2) is 0 Å². The fourth-order valence-corrected chi connectivity index (χ4v) is 2.64. The van der Waals surface area contributed by atoms with Crippen LogP contribution >= 0.6 is 0 Å². The van der Waals surface area contributed by atoms with Crippen LogP contribution in [0.25, 0.3) is 0 Å². The molecule has 0 unspecified atom stereocenters. The molecule has 0 saturated heterocycles. The van der Waals surface area contributed by atoms with Crippen molar-refractivity contribution in [3.05, 3.63) is 77.2 Å². The van der Waals surface area contributed by atoms with E-state index in [4.69, 9.17) is 0 Å². The lowest BCUT2D eigenvalue weighted by molar-refractivity contribution is 0.647. The fourth-order valence-electron chi connectivity index (χ4n) is 2.64. The van der Waals surface area contributed by atoms with Gasteiger partial charge in [-0.3, -0.25) is 0 Å². The average molecular weight is 279 g/mol. The first-order chi connectivity index (χ1) is 10.0. The zero-order chi connectivity index (χ0) is 15.2. The van der Waals surface area contributed by atoms with Crippen molar-refractivity contribution in [3.8, 4) is 0 Å². The van der Waals surface area contributed by atoms with Crippen LogP contribution in [0.5, 0.6) is 0 Å². The third kappa shape index (κ3) is 5.38. The topological polar surface area (TPSA) is 0 Å². The summed E-state index contributed by atoms with van der Waals surface area (Å²) in [4.78, 5) is 0. The first kappa shape index (κ1) is 15.8. The van der Waals surface area contributed by atoms with Crippen molar-refractivity contribution in [2.75, 3.05) is 0 Å². The number of rotatable bonds is 6. The predicted molar refractivity (Wildman–Crippen MR) is 92.5 cm³/mol. The SMILES string of the molecule is CC(C)Cc1ccc([CH]c2ccc(CC(C)C)cc2)cc1. The van der Waals surface area contributed by atoms with Crippen LogP contribution < -0.4 is 0 Å². The minimum Gasteiger partial charge on any atom is -0.0625 e. The van der Waals surface area contributed by atoms with E-state index in [2.05, 4.69) is 82.6 Å². The molecule has 1 radical (unpaired) electrons. The Kier molecular flexibility index (Phi) is 5.61. The van der Waals surface area contributed by atoms with Crippen LogP contribution in [0.15, 0.2) is 48.5 Å². The van der Waals surface area contributed by atoms with Gasteiger partial charge in [0, 0.05) is 6.42 Å². The van der Waals surface area contributed by atoms with E-state index >= 15 is 0 Å². The molecule has 0 amide bonds. The highest BCUT2D eigenvalue weighted by Gasteiger charge is 2.01. The second kappa shape index (κ2) is 7.45. The smallest absolute Gasteiger partial charge is 0.0199 e. The lowest BCUT2D eigenvalue weighted by Gasteiger charge is -2.08. The van der Waals surface area contributed by atoms with Crippen molar-refractivity contribution in [1.82, 2.24) is 0 Å². The monoisotopic (exact) mass is 279 g/mol. The van der Waals surface area contributed by atoms with E-state index in [-0.39, 0.29) is 0 Å². The second-order valence-electron chi connectivity index (χ2n) is 6.82. The molecule has 21 heavy (non-hydrogen) atoms. The summed E-state index contributed by atoms with van der Waals surface area (Å²) in [5, 5.41) is 0. The van der Waals surface area contributed by atoms with Gasteiger partial charge in [0.25, 0.3) is 0 Å². The van der Waals surface area contributed by atoms with Crippen LogP contribution in [0.3, 0.4) is 0 Å². The van der Waals surface area contributed by atoms with E-state index in [0.717, 1.165) is 12.8 Å². The van der Waals surface area contributed by atoms with Gasteiger partial charge in [0.1, 0.15) is 0 Å². The van der Waals surface area contributed by atoms with E-state index in [9.17, 15) is 0 Å². The molecule has 0 spiro atoms. The zero-order valence-corrected chi connectivity index (χ0v) is 13.8. The van der Waals surface area contributed by atoms with Crippen LogP contribution in [0, 0.1) is 18.3 Å². The standard InChI is InChI=1S/C21H27/c1-16(2)13-18-5-9-20(10-6-18)15-21-11-7-19(8-12-21)14-17(3)4/h5-12,15-17H,13-14H2,1-4H3. The highest BCUT2D eigenvalue weighted by atomic mass is 14.1. The molecule has 2 aromatic rings. The quantitative estimate of drug-likeness (QED) is 0.637. The Hall–Kier alpha value is -1.56. The van der Waals surface area contributed by atoms with Crippen LogP contribution in [0.2, 0.25) is 0 Å². The van der Waals surface area contributed by atoms with Crippen molar-refractivity contribution >= 4 is 0 Å². The first-order valence-electron chi connectivity index (χ1n) is 8.05. The van der Waals surface area contributed by atoms with Crippen molar-refractivity contribution in [2.24, 2.45) is 11.8 Å². The van der Waals surface area contributed by atoms with E-state index in [1.165, 1.54) is 22.3 Å². The number of benzene rings is 2. The molecule has 0 aliphatic heterocycles. The zero-order valence-electron chi connectivity index (χ0n) is 13.8. The van der Waals surface area contributed by atoms with Gasteiger partial charge in [0.2, 0.25) is 0 Å². The Morgan fingerprint density at radius 1 is 0.619 bits per heavy atom. The lowest BCUT2D eigenvalue weighted by atomic mass is 9.97. The second-order valence-corrected chi connectivity index (χ2v) is 6.82. The third-order valence-corrected chi connectivity index (χ3v) is 3.58. The van der Waals surface area contributed by atoms with E-state index in [0.29, 0.717) is 11.8 Å². The van der Waals surface area contributed by atoms with Crippen molar-refractivity contribution in [1.29, 1.82) is 0 Å². The fraction of sp³-hybridized carbons (Fsp3) is 0.381. The summed E-state index contributed by atoms with van der Waals surface area (Å²) in [7, 11) is 0. The molecule has 111 valence electrons. The third-order valence-electron chi connectivity index (χ3n) is 3.58. The molecule has 2 rings (SSSR count). The minimum atomic E-state index is 0.716. The Bertz CT molecular complexity index is 478. The summed E-state index contributed by atoms with van der Waals surface area (Å²) in [6, 6.07) is 17.9. The molecule has 0 nitrogen and oxygen atoms in total. The molecule has 2 aromatic carbocycles. The van der Waals surface area contributed by atoms with Crippen LogP contribution in [-0.2, 0) is 12.8 Å². The van der Waals surface area contributed by atoms with Crippen LogP contribution in [0.1, 0.15) is 49.9 Å². The van der Waals surface area contributed by atoms with Gasteiger partial charge in [0.05, 0.1) is 0 Å². The molecule has 0 bridgehead atoms. The minimum absolute atomic E-state index is 0.716. The summed E-state index contributed by atoms with van der Waals surface area (Å²) >= 11 is 0. The Morgan fingerprint density at radius 2 is 0.952 bits per heavy atom. The van der Waals surface area contributed by atoms with Crippen LogP contribution in [-0.4, -0.2) is 0 Å². The molecule has 0 heterocycles. The van der Waals surface area contributed by atoms with Crippen molar-refractivity contribution in [2.45, 2.75) is 40.5 Å². The number of hydrogen-bond acceptors (Lipinski definition) is 0. The Balaban J connectivity index is 1.97. The van der Waals surface area contributed by atoms with Crippen LogP contribution in [0.4, 0.5) is 0 Å². The van der Waals surface area contributed by atoms with Gasteiger partial charge in [0.15, 0.2) is 0 Å². The number of hydrogen-bond donors (Lipinski definition) is 0. The normalized spacial score (nSPS) is 11.3.